The van der Waals surface area contributed by atoms with Crippen LogP contribution in [0.3, 0.4) is 0 Å². The predicted molar refractivity (Wildman–Crippen MR) is 61.1 cm³/mol. The van der Waals surface area contributed by atoms with Crippen molar-refractivity contribution < 1.29 is 8.42 Å². The molecule has 0 saturated carbocycles. The smallest absolute Gasteiger partial charge is 0.179 e. The highest BCUT2D eigenvalue weighted by atomic mass is 35.5. The Hall–Kier alpha value is -0.540. The first-order valence-electron chi connectivity index (χ1n) is 4.94. The number of alkyl halides is 1. The summed E-state index contributed by atoms with van der Waals surface area (Å²) in [5.41, 5.74) is 0.936. The quantitative estimate of drug-likeness (QED) is 0.749. The van der Waals surface area contributed by atoms with Crippen LogP contribution in [0.15, 0.2) is 29.2 Å². The minimum Gasteiger partial charge on any atom is -0.224 e. The SMILES string of the molecule is CC(CCl)C1CS(=O)(=O)c2ccccc21. The number of rotatable bonds is 2. The first-order chi connectivity index (χ1) is 7.06. The lowest BCUT2D eigenvalue weighted by Crippen LogP contribution is -2.13. The molecule has 0 spiro atoms. The number of sulfone groups is 1. The maximum Gasteiger partial charge on any atom is 0.179 e. The minimum absolute atomic E-state index is 0.0590. The van der Waals surface area contributed by atoms with Crippen LogP contribution >= 0.6 is 11.6 Å². The largest absolute Gasteiger partial charge is 0.224 e. The zero-order valence-corrected chi connectivity index (χ0v) is 10.1. The summed E-state index contributed by atoms with van der Waals surface area (Å²) in [6, 6.07) is 7.23. The van der Waals surface area contributed by atoms with Crippen LogP contribution in [-0.2, 0) is 9.84 Å². The fourth-order valence-corrected chi connectivity index (χ4v) is 4.30. The molecule has 2 nitrogen and oxygen atoms in total. The van der Waals surface area contributed by atoms with E-state index in [2.05, 4.69) is 0 Å². The van der Waals surface area contributed by atoms with Crippen molar-refractivity contribution in [3.63, 3.8) is 0 Å². The molecule has 15 heavy (non-hydrogen) atoms. The van der Waals surface area contributed by atoms with Gasteiger partial charge in [0.1, 0.15) is 0 Å². The standard InChI is InChI=1S/C11H13ClO2S/c1-8(6-12)10-7-15(13,14)11-5-3-2-4-9(10)11/h2-5,8,10H,6-7H2,1H3. The van der Waals surface area contributed by atoms with Crippen LogP contribution in [0.5, 0.6) is 0 Å². The summed E-state index contributed by atoms with van der Waals surface area (Å²) in [4.78, 5) is 0.493. The van der Waals surface area contributed by atoms with E-state index in [0.717, 1.165) is 5.56 Å². The lowest BCUT2D eigenvalue weighted by molar-refractivity contribution is 0.540. The van der Waals surface area contributed by atoms with Gasteiger partial charge in [0.2, 0.25) is 0 Å². The van der Waals surface area contributed by atoms with Crippen molar-refractivity contribution >= 4 is 21.4 Å². The number of benzene rings is 1. The van der Waals surface area contributed by atoms with Gasteiger partial charge in [0.05, 0.1) is 10.6 Å². The Morgan fingerprint density at radius 2 is 2.13 bits per heavy atom. The second-order valence-corrected chi connectivity index (χ2v) is 6.37. The van der Waals surface area contributed by atoms with E-state index >= 15 is 0 Å². The van der Waals surface area contributed by atoms with Crippen LogP contribution < -0.4 is 0 Å². The molecule has 2 unspecified atom stereocenters. The first kappa shape index (κ1) is 11.0. The Bertz CT molecular complexity index is 467. The summed E-state index contributed by atoms with van der Waals surface area (Å²) in [7, 11) is -3.07. The Balaban J connectivity index is 2.52. The van der Waals surface area contributed by atoms with Crippen molar-refractivity contribution in [1.82, 2.24) is 0 Å². The molecular weight excluding hydrogens is 232 g/mol. The van der Waals surface area contributed by atoms with E-state index in [1.54, 1.807) is 12.1 Å². The van der Waals surface area contributed by atoms with Gasteiger partial charge in [-0.3, -0.25) is 0 Å². The summed E-state index contributed by atoms with van der Waals surface area (Å²) in [6.07, 6.45) is 0. The number of hydrogen-bond donors (Lipinski definition) is 0. The normalized spacial score (nSPS) is 24.8. The molecule has 2 atom stereocenters. The van der Waals surface area contributed by atoms with Gasteiger partial charge in [-0.1, -0.05) is 25.1 Å². The van der Waals surface area contributed by atoms with Crippen LogP contribution in [0.2, 0.25) is 0 Å². The lowest BCUT2D eigenvalue weighted by atomic mass is 9.90. The zero-order valence-electron chi connectivity index (χ0n) is 8.48. The molecule has 0 aliphatic carbocycles. The Kier molecular flexibility index (Phi) is 2.77. The summed E-state index contributed by atoms with van der Waals surface area (Å²) in [6.45, 7) is 2.00. The van der Waals surface area contributed by atoms with Gasteiger partial charge in [-0.05, 0) is 17.5 Å². The molecule has 1 aliphatic rings. The average molecular weight is 245 g/mol. The molecule has 1 heterocycles. The van der Waals surface area contributed by atoms with Crippen LogP contribution in [-0.4, -0.2) is 20.1 Å². The maximum atomic E-state index is 11.8. The highest BCUT2D eigenvalue weighted by Gasteiger charge is 2.36. The monoisotopic (exact) mass is 244 g/mol. The van der Waals surface area contributed by atoms with E-state index in [-0.39, 0.29) is 17.6 Å². The van der Waals surface area contributed by atoms with Gasteiger partial charge in [0, 0.05) is 11.8 Å². The van der Waals surface area contributed by atoms with Gasteiger partial charge in [0.25, 0.3) is 0 Å². The molecule has 0 N–H and O–H groups in total. The molecule has 1 aromatic rings. The Morgan fingerprint density at radius 1 is 1.47 bits per heavy atom. The van der Waals surface area contributed by atoms with Crippen LogP contribution in [0, 0.1) is 5.92 Å². The Labute approximate surface area is 95.2 Å². The number of fused-ring (bicyclic) bond motifs is 1. The first-order valence-corrected chi connectivity index (χ1v) is 7.12. The molecule has 4 heteroatoms. The van der Waals surface area contributed by atoms with Crippen molar-refractivity contribution in [3.8, 4) is 0 Å². The highest BCUT2D eigenvalue weighted by molar-refractivity contribution is 7.91. The van der Waals surface area contributed by atoms with Gasteiger partial charge in [-0.2, -0.15) is 0 Å². The minimum atomic E-state index is -3.07. The van der Waals surface area contributed by atoms with E-state index in [9.17, 15) is 8.42 Å². The van der Waals surface area contributed by atoms with Gasteiger partial charge < -0.3 is 0 Å². The second kappa shape index (κ2) is 3.80. The molecule has 0 aromatic heterocycles. The molecule has 0 radical (unpaired) electrons. The van der Waals surface area contributed by atoms with Gasteiger partial charge >= 0.3 is 0 Å². The van der Waals surface area contributed by atoms with Crippen LogP contribution in [0.1, 0.15) is 18.4 Å². The topological polar surface area (TPSA) is 34.1 Å². The third kappa shape index (κ3) is 1.79. The fraction of sp³-hybridized carbons (Fsp3) is 0.455. The molecule has 1 aliphatic heterocycles. The second-order valence-electron chi connectivity index (χ2n) is 4.06. The Morgan fingerprint density at radius 3 is 2.80 bits per heavy atom. The summed E-state index contributed by atoms with van der Waals surface area (Å²) in [5, 5.41) is 0. The van der Waals surface area contributed by atoms with Crippen molar-refractivity contribution in [2.24, 2.45) is 5.92 Å². The summed E-state index contributed by atoms with van der Waals surface area (Å²) in [5.74, 6) is 0.961. The van der Waals surface area contributed by atoms with E-state index in [1.165, 1.54) is 0 Å². The number of hydrogen-bond acceptors (Lipinski definition) is 2. The van der Waals surface area contributed by atoms with Gasteiger partial charge in [-0.25, -0.2) is 8.42 Å². The fourth-order valence-electron chi connectivity index (χ4n) is 2.06. The van der Waals surface area contributed by atoms with Gasteiger partial charge in [-0.15, -0.1) is 11.6 Å². The average Bonchev–Trinajstić information content (AvgIpc) is 2.51. The van der Waals surface area contributed by atoms with Crippen molar-refractivity contribution in [2.45, 2.75) is 17.7 Å². The zero-order chi connectivity index (χ0) is 11.1. The molecule has 0 fully saturated rings. The molecule has 0 saturated heterocycles. The van der Waals surface area contributed by atoms with Crippen molar-refractivity contribution in [2.75, 3.05) is 11.6 Å². The third-order valence-electron chi connectivity index (χ3n) is 2.98. The molecule has 1 aromatic carbocycles. The van der Waals surface area contributed by atoms with Crippen molar-refractivity contribution in [3.05, 3.63) is 29.8 Å². The molecule has 0 bridgehead atoms. The number of halogens is 1. The van der Waals surface area contributed by atoms with Gasteiger partial charge in [0.15, 0.2) is 9.84 Å². The van der Waals surface area contributed by atoms with E-state index < -0.39 is 9.84 Å². The lowest BCUT2D eigenvalue weighted by Gasteiger charge is -2.15. The molecular formula is C11H13ClO2S. The van der Waals surface area contributed by atoms with Crippen LogP contribution in [0.25, 0.3) is 0 Å². The predicted octanol–water partition coefficient (Wildman–Crippen LogP) is 2.43. The van der Waals surface area contributed by atoms with E-state index in [4.69, 9.17) is 11.6 Å². The molecule has 82 valence electrons. The van der Waals surface area contributed by atoms with Crippen molar-refractivity contribution in [1.29, 1.82) is 0 Å². The highest BCUT2D eigenvalue weighted by Crippen LogP contribution is 2.39. The third-order valence-corrected chi connectivity index (χ3v) is 5.31. The maximum absolute atomic E-state index is 11.8. The summed E-state index contributed by atoms with van der Waals surface area (Å²) < 4.78 is 23.7. The van der Waals surface area contributed by atoms with E-state index in [0.29, 0.717) is 10.8 Å². The molecule has 2 rings (SSSR count). The summed E-state index contributed by atoms with van der Waals surface area (Å²) >= 11 is 5.80. The van der Waals surface area contributed by atoms with Crippen LogP contribution in [0.4, 0.5) is 0 Å². The molecule has 0 amide bonds. The van der Waals surface area contributed by atoms with E-state index in [1.807, 2.05) is 19.1 Å².